The summed E-state index contributed by atoms with van der Waals surface area (Å²) in [5, 5.41) is 3.23. The van der Waals surface area contributed by atoms with Crippen molar-refractivity contribution in [3.05, 3.63) is 0 Å². The van der Waals surface area contributed by atoms with Crippen molar-refractivity contribution < 1.29 is 4.79 Å². The van der Waals surface area contributed by atoms with E-state index in [0.717, 1.165) is 26.1 Å². The number of hydrogen-bond donors (Lipinski definition) is 2. The molecule has 0 bridgehead atoms. The smallest absolute Gasteiger partial charge is 0.235 e. The fraction of sp³-hybridized carbons (Fsp3) is 0.929. The van der Waals surface area contributed by atoms with Gasteiger partial charge in [-0.15, -0.1) is 0 Å². The van der Waals surface area contributed by atoms with E-state index in [1.807, 2.05) is 0 Å². The van der Waals surface area contributed by atoms with E-state index in [9.17, 15) is 4.79 Å². The topological polar surface area (TPSA) is 58.4 Å². The lowest BCUT2D eigenvalue weighted by molar-refractivity contribution is -0.120. The number of carbonyl (C=O) groups is 1. The number of nitrogens with zero attached hydrogens (tertiary/aromatic N) is 1. The molecule has 0 radical (unpaired) electrons. The Morgan fingerprint density at radius 1 is 1.11 bits per heavy atom. The van der Waals surface area contributed by atoms with Crippen molar-refractivity contribution in [1.29, 1.82) is 0 Å². The Bertz CT molecular complexity index is 219. The van der Waals surface area contributed by atoms with E-state index in [-0.39, 0.29) is 11.9 Å². The van der Waals surface area contributed by atoms with Gasteiger partial charge in [-0.1, -0.05) is 34.6 Å². The molecule has 0 aromatic rings. The van der Waals surface area contributed by atoms with Crippen molar-refractivity contribution in [3.8, 4) is 0 Å². The second-order valence-electron chi connectivity index (χ2n) is 5.92. The predicted octanol–water partition coefficient (Wildman–Crippen LogP) is 1.45. The van der Waals surface area contributed by atoms with Gasteiger partial charge in [0.1, 0.15) is 0 Å². The van der Waals surface area contributed by atoms with E-state index in [4.69, 9.17) is 5.73 Å². The number of amides is 1. The first-order valence-corrected chi connectivity index (χ1v) is 7.11. The van der Waals surface area contributed by atoms with Gasteiger partial charge in [-0.3, -0.25) is 4.79 Å². The summed E-state index contributed by atoms with van der Waals surface area (Å²) < 4.78 is 0. The van der Waals surface area contributed by atoms with Crippen LogP contribution in [0.2, 0.25) is 0 Å². The van der Waals surface area contributed by atoms with Gasteiger partial charge in [-0.2, -0.15) is 0 Å². The molecule has 0 fully saturated rings. The van der Waals surface area contributed by atoms with Crippen LogP contribution in [-0.2, 0) is 4.79 Å². The van der Waals surface area contributed by atoms with Gasteiger partial charge >= 0.3 is 0 Å². The van der Waals surface area contributed by atoms with Crippen molar-refractivity contribution in [1.82, 2.24) is 10.2 Å². The molecule has 0 spiro atoms. The molecule has 1 unspecified atom stereocenters. The number of primary amides is 1. The third-order valence-electron chi connectivity index (χ3n) is 2.67. The van der Waals surface area contributed by atoms with Gasteiger partial charge in [-0.05, 0) is 24.8 Å². The highest BCUT2D eigenvalue weighted by atomic mass is 16.1. The maximum absolute atomic E-state index is 11.4. The highest BCUT2D eigenvalue weighted by molar-refractivity contribution is 5.80. The SMILES string of the molecule is CCCNC(CN(CC(C)C)CC(C)C)C(N)=O. The first kappa shape index (κ1) is 17.4. The van der Waals surface area contributed by atoms with Gasteiger partial charge < -0.3 is 16.0 Å². The molecule has 3 N–H and O–H groups in total. The monoisotopic (exact) mass is 257 g/mol. The lowest BCUT2D eigenvalue weighted by Crippen LogP contribution is -2.50. The van der Waals surface area contributed by atoms with Gasteiger partial charge in [0.2, 0.25) is 5.91 Å². The molecule has 108 valence electrons. The largest absolute Gasteiger partial charge is 0.368 e. The zero-order valence-electron chi connectivity index (χ0n) is 12.7. The van der Waals surface area contributed by atoms with Crippen LogP contribution < -0.4 is 11.1 Å². The molecule has 0 saturated heterocycles. The van der Waals surface area contributed by atoms with Crippen LogP contribution >= 0.6 is 0 Å². The molecule has 1 amide bonds. The van der Waals surface area contributed by atoms with Crippen LogP contribution in [-0.4, -0.2) is 43.0 Å². The third-order valence-corrected chi connectivity index (χ3v) is 2.67. The highest BCUT2D eigenvalue weighted by Crippen LogP contribution is 2.05. The molecule has 0 saturated carbocycles. The maximum Gasteiger partial charge on any atom is 0.235 e. The van der Waals surface area contributed by atoms with Crippen molar-refractivity contribution in [2.24, 2.45) is 17.6 Å². The van der Waals surface area contributed by atoms with E-state index in [1.54, 1.807) is 0 Å². The fourth-order valence-electron chi connectivity index (χ4n) is 2.09. The maximum atomic E-state index is 11.4. The normalized spacial score (nSPS) is 13.6. The standard InChI is InChI=1S/C14H31N3O/c1-6-7-16-13(14(15)18)10-17(8-11(2)3)9-12(4)5/h11-13,16H,6-10H2,1-5H3,(H2,15,18). The molecule has 18 heavy (non-hydrogen) atoms. The molecule has 0 rings (SSSR count). The van der Waals surface area contributed by atoms with Crippen LogP contribution in [0.5, 0.6) is 0 Å². The second-order valence-corrected chi connectivity index (χ2v) is 5.92. The molecule has 4 nitrogen and oxygen atoms in total. The van der Waals surface area contributed by atoms with Crippen LogP contribution in [0.15, 0.2) is 0 Å². The Balaban J connectivity index is 4.42. The van der Waals surface area contributed by atoms with Crippen molar-refractivity contribution in [2.75, 3.05) is 26.2 Å². The summed E-state index contributed by atoms with van der Waals surface area (Å²) in [6.07, 6.45) is 1.01. The predicted molar refractivity (Wildman–Crippen MR) is 77.4 cm³/mol. The fourth-order valence-corrected chi connectivity index (χ4v) is 2.09. The molecule has 0 aliphatic carbocycles. The minimum atomic E-state index is -0.249. The van der Waals surface area contributed by atoms with Crippen molar-refractivity contribution in [2.45, 2.75) is 47.1 Å². The molecule has 4 heteroatoms. The van der Waals surface area contributed by atoms with E-state index in [2.05, 4.69) is 44.8 Å². The summed E-state index contributed by atoms with van der Waals surface area (Å²) >= 11 is 0. The Morgan fingerprint density at radius 3 is 1.94 bits per heavy atom. The Labute approximate surface area is 112 Å². The Kier molecular flexibility index (Phi) is 9.02. The van der Waals surface area contributed by atoms with Crippen LogP contribution in [0.3, 0.4) is 0 Å². The van der Waals surface area contributed by atoms with Crippen LogP contribution in [0, 0.1) is 11.8 Å². The van der Waals surface area contributed by atoms with E-state index >= 15 is 0 Å². The van der Waals surface area contributed by atoms with Gasteiger partial charge in [0.15, 0.2) is 0 Å². The molecule has 0 aromatic carbocycles. The zero-order valence-corrected chi connectivity index (χ0v) is 12.7. The van der Waals surface area contributed by atoms with Crippen molar-refractivity contribution in [3.63, 3.8) is 0 Å². The zero-order chi connectivity index (χ0) is 14.1. The molecule has 1 atom stereocenters. The Morgan fingerprint density at radius 2 is 1.61 bits per heavy atom. The molecular formula is C14H31N3O. The van der Waals surface area contributed by atoms with Crippen LogP contribution in [0.25, 0.3) is 0 Å². The first-order chi connectivity index (χ1) is 8.36. The van der Waals surface area contributed by atoms with E-state index in [1.165, 1.54) is 0 Å². The molecule has 0 aliphatic heterocycles. The van der Waals surface area contributed by atoms with Crippen LogP contribution in [0.1, 0.15) is 41.0 Å². The average molecular weight is 257 g/mol. The quantitative estimate of drug-likeness (QED) is 0.623. The van der Waals surface area contributed by atoms with Gasteiger partial charge in [0.25, 0.3) is 0 Å². The lowest BCUT2D eigenvalue weighted by atomic mass is 10.1. The van der Waals surface area contributed by atoms with E-state index in [0.29, 0.717) is 18.4 Å². The average Bonchev–Trinajstić information content (AvgIpc) is 2.21. The molecule has 0 aromatic heterocycles. The third kappa shape index (κ3) is 8.48. The summed E-state index contributed by atoms with van der Waals surface area (Å²) in [5.74, 6) is 0.952. The second kappa shape index (κ2) is 9.34. The summed E-state index contributed by atoms with van der Waals surface area (Å²) in [4.78, 5) is 13.8. The van der Waals surface area contributed by atoms with Crippen LogP contribution in [0.4, 0.5) is 0 Å². The lowest BCUT2D eigenvalue weighted by Gasteiger charge is -2.29. The minimum Gasteiger partial charge on any atom is -0.368 e. The summed E-state index contributed by atoms with van der Waals surface area (Å²) in [5.41, 5.74) is 5.46. The van der Waals surface area contributed by atoms with Crippen molar-refractivity contribution >= 4 is 5.91 Å². The number of rotatable bonds is 10. The van der Waals surface area contributed by atoms with Gasteiger partial charge in [-0.25, -0.2) is 0 Å². The summed E-state index contributed by atoms with van der Waals surface area (Å²) in [7, 11) is 0. The van der Waals surface area contributed by atoms with Gasteiger partial charge in [0, 0.05) is 19.6 Å². The Hall–Kier alpha value is -0.610. The molecule has 0 heterocycles. The summed E-state index contributed by atoms with van der Waals surface area (Å²) in [6, 6.07) is -0.234. The number of hydrogen-bond acceptors (Lipinski definition) is 3. The minimum absolute atomic E-state index is 0.234. The molecule has 0 aliphatic rings. The van der Waals surface area contributed by atoms with E-state index < -0.39 is 0 Å². The number of carbonyl (C=O) groups excluding carboxylic acids is 1. The number of nitrogens with two attached hydrogens (primary N) is 1. The highest BCUT2D eigenvalue weighted by Gasteiger charge is 2.19. The number of nitrogens with one attached hydrogen (secondary N) is 1. The summed E-state index contributed by atoms with van der Waals surface area (Å²) in [6.45, 7) is 14.5. The van der Waals surface area contributed by atoms with Gasteiger partial charge in [0.05, 0.1) is 6.04 Å². The first-order valence-electron chi connectivity index (χ1n) is 7.11. The molecular weight excluding hydrogens is 226 g/mol.